The van der Waals surface area contributed by atoms with Crippen LogP contribution in [0.5, 0.6) is 11.5 Å². The number of likely N-dealkylation sites (tertiary alicyclic amines) is 1. The number of methoxy groups -OCH3 is 1. The van der Waals surface area contributed by atoms with Gasteiger partial charge in [0.2, 0.25) is 5.91 Å². The van der Waals surface area contributed by atoms with Crippen LogP contribution in [0, 0.1) is 0 Å². The lowest BCUT2D eigenvalue weighted by atomic mass is 10.1. The highest BCUT2D eigenvalue weighted by Gasteiger charge is 2.15. The van der Waals surface area contributed by atoms with Gasteiger partial charge in [0, 0.05) is 19.6 Å². The Morgan fingerprint density at radius 1 is 1.11 bits per heavy atom. The van der Waals surface area contributed by atoms with Crippen molar-refractivity contribution in [1.29, 1.82) is 0 Å². The molecule has 1 amide bonds. The largest absolute Gasteiger partial charge is 0.497 e. The summed E-state index contributed by atoms with van der Waals surface area (Å²) in [7, 11) is 1.64. The number of amides is 1. The van der Waals surface area contributed by atoms with Gasteiger partial charge in [0.1, 0.15) is 24.7 Å². The molecule has 2 rings (SSSR count). The maximum absolute atomic E-state index is 12.2. The SMILES string of the molecule is CCNC(=NCC(=O)N1CCCCC1)NCCOc1ccc(OC)cc1.I. The molecule has 1 aliphatic rings. The van der Waals surface area contributed by atoms with Crippen LogP contribution in [-0.2, 0) is 4.79 Å². The van der Waals surface area contributed by atoms with Crippen LogP contribution in [0.4, 0.5) is 0 Å². The van der Waals surface area contributed by atoms with Crippen molar-refractivity contribution in [3.63, 3.8) is 0 Å². The summed E-state index contributed by atoms with van der Waals surface area (Å²) >= 11 is 0. The molecule has 1 aliphatic heterocycles. The van der Waals surface area contributed by atoms with E-state index in [-0.39, 0.29) is 36.4 Å². The number of ether oxygens (including phenoxy) is 2. The lowest BCUT2D eigenvalue weighted by Gasteiger charge is -2.26. The molecule has 1 heterocycles. The fraction of sp³-hybridized carbons (Fsp3) is 0.579. The molecule has 1 aromatic rings. The van der Waals surface area contributed by atoms with Crippen molar-refractivity contribution in [2.24, 2.45) is 4.99 Å². The van der Waals surface area contributed by atoms with Crippen molar-refractivity contribution in [2.75, 3.05) is 46.4 Å². The number of guanidine groups is 1. The molecule has 152 valence electrons. The van der Waals surface area contributed by atoms with Crippen LogP contribution in [0.1, 0.15) is 26.2 Å². The van der Waals surface area contributed by atoms with Crippen molar-refractivity contribution in [1.82, 2.24) is 15.5 Å². The third-order valence-corrected chi connectivity index (χ3v) is 4.15. The maximum atomic E-state index is 12.2. The summed E-state index contributed by atoms with van der Waals surface area (Å²) < 4.78 is 10.8. The molecule has 1 saturated heterocycles. The number of nitrogens with one attached hydrogen (secondary N) is 2. The topological polar surface area (TPSA) is 75.2 Å². The molecule has 0 bridgehead atoms. The molecule has 0 saturated carbocycles. The second-order valence-electron chi connectivity index (χ2n) is 6.09. The smallest absolute Gasteiger partial charge is 0.244 e. The standard InChI is InChI=1S/C19H30N4O3.HI/c1-3-20-19(22-15-18(24)23-12-5-4-6-13-23)21-11-14-26-17-9-7-16(25-2)8-10-17;/h7-10H,3-6,11-15H2,1-2H3,(H2,20,21,22);1H. The summed E-state index contributed by atoms with van der Waals surface area (Å²) in [6.45, 7) is 5.71. The maximum Gasteiger partial charge on any atom is 0.244 e. The number of piperidine rings is 1. The Morgan fingerprint density at radius 2 is 1.78 bits per heavy atom. The Labute approximate surface area is 178 Å². The van der Waals surface area contributed by atoms with Gasteiger partial charge in [0.15, 0.2) is 5.96 Å². The van der Waals surface area contributed by atoms with E-state index in [1.165, 1.54) is 6.42 Å². The molecule has 0 aliphatic carbocycles. The number of carbonyl (C=O) groups excluding carboxylic acids is 1. The third-order valence-electron chi connectivity index (χ3n) is 4.15. The summed E-state index contributed by atoms with van der Waals surface area (Å²) in [5.74, 6) is 2.32. The molecule has 27 heavy (non-hydrogen) atoms. The fourth-order valence-electron chi connectivity index (χ4n) is 2.74. The van der Waals surface area contributed by atoms with Gasteiger partial charge in [0.05, 0.1) is 13.7 Å². The van der Waals surface area contributed by atoms with Crippen LogP contribution in [0.15, 0.2) is 29.3 Å². The molecule has 7 nitrogen and oxygen atoms in total. The number of benzene rings is 1. The van der Waals surface area contributed by atoms with Crippen molar-refractivity contribution in [2.45, 2.75) is 26.2 Å². The molecule has 0 aromatic heterocycles. The predicted molar refractivity (Wildman–Crippen MR) is 118 cm³/mol. The van der Waals surface area contributed by atoms with Crippen molar-refractivity contribution in [3.8, 4) is 11.5 Å². The summed E-state index contributed by atoms with van der Waals surface area (Å²) in [5.41, 5.74) is 0. The first kappa shape index (κ1) is 23.3. The van der Waals surface area contributed by atoms with Crippen molar-refractivity contribution in [3.05, 3.63) is 24.3 Å². The van der Waals surface area contributed by atoms with Crippen LogP contribution in [-0.4, -0.2) is 63.2 Å². The fourth-order valence-corrected chi connectivity index (χ4v) is 2.74. The van der Waals surface area contributed by atoms with E-state index in [0.717, 1.165) is 44.0 Å². The molecule has 0 radical (unpaired) electrons. The quantitative estimate of drug-likeness (QED) is 0.253. The predicted octanol–water partition coefficient (Wildman–Crippen LogP) is 2.26. The molecule has 2 N–H and O–H groups in total. The van der Waals surface area contributed by atoms with E-state index in [0.29, 0.717) is 19.1 Å². The second-order valence-corrected chi connectivity index (χ2v) is 6.09. The lowest BCUT2D eigenvalue weighted by molar-refractivity contribution is -0.130. The number of hydrogen-bond donors (Lipinski definition) is 2. The average molecular weight is 490 g/mol. The minimum absolute atomic E-state index is 0. The molecule has 0 atom stereocenters. The average Bonchev–Trinajstić information content (AvgIpc) is 2.70. The molecule has 1 aromatic carbocycles. The van der Waals surface area contributed by atoms with Gasteiger partial charge in [-0.15, -0.1) is 24.0 Å². The van der Waals surface area contributed by atoms with E-state index in [9.17, 15) is 4.79 Å². The Kier molecular flexibility index (Phi) is 11.6. The van der Waals surface area contributed by atoms with Gasteiger partial charge in [-0.25, -0.2) is 4.99 Å². The molecule has 8 heteroatoms. The molecule has 0 spiro atoms. The summed E-state index contributed by atoms with van der Waals surface area (Å²) in [6, 6.07) is 7.46. The Bertz CT molecular complexity index is 575. The van der Waals surface area contributed by atoms with E-state index in [1.54, 1.807) is 7.11 Å². The summed E-state index contributed by atoms with van der Waals surface area (Å²) in [4.78, 5) is 18.5. The zero-order chi connectivity index (χ0) is 18.6. The normalized spacial score (nSPS) is 14.1. The first-order chi connectivity index (χ1) is 12.7. The van der Waals surface area contributed by atoms with E-state index < -0.39 is 0 Å². The lowest BCUT2D eigenvalue weighted by Crippen LogP contribution is -2.41. The van der Waals surface area contributed by atoms with Crippen molar-refractivity contribution < 1.29 is 14.3 Å². The van der Waals surface area contributed by atoms with Gasteiger partial charge in [0.25, 0.3) is 0 Å². The minimum Gasteiger partial charge on any atom is -0.497 e. The highest BCUT2D eigenvalue weighted by molar-refractivity contribution is 14.0. The Balaban J connectivity index is 0.00000364. The van der Waals surface area contributed by atoms with Crippen LogP contribution in [0.25, 0.3) is 0 Å². The Morgan fingerprint density at radius 3 is 2.41 bits per heavy atom. The summed E-state index contributed by atoms with van der Waals surface area (Å²) in [6.07, 6.45) is 3.40. The Hall–Kier alpha value is -1.71. The minimum atomic E-state index is 0. The van der Waals surface area contributed by atoms with Crippen LogP contribution >= 0.6 is 24.0 Å². The molecular formula is C19H31IN4O3. The van der Waals surface area contributed by atoms with Gasteiger partial charge < -0.3 is 25.0 Å². The van der Waals surface area contributed by atoms with Gasteiger partial charge in [-0.3, -0.25) is 4.79 Å². The number of halogens is 1. The molecule has 0 unspecified atom stereocenters. The molecular weight excluding hydrogens is 459 g/mol. The highest BCUT2D eigenvalue weighted by atomic mass is 127. The van der Waals surface area contributed by atoms with Gasteiger partial charge in [-0.1, -0.05) is 0 Å². The highest BCUT2D eigenvalue weighted by Crippen LogP contribution is 2.16. The third kappa shape index (κ3) is 8.68. The van der Waals surface area contributed by atoms with Gasteiger partial charge in [-0.2, -0.15) is 0 Å². The van der Waals surface area contributed by atoms with E-state index in [1.807, 2.05) is 36.1 Å². The zero-order valence-corrected chi connectivity index (χ0v) is 18.5. The van der Waals surface area contributed by atoms with Crippen LogP contribution in [0.2, 0.25) is 0 Å². The van der Waals surface area contributed by atoms with Crippen LogP contribution < -0.4 is 20.1 Å². The first-order valence-corrected chi connectivity index (χ1v) is 9.29. The monoisotopic (exact) mass is 490 g/mol. The number of aliphatic imine (C=N–C) groups is 1. The van der Waals surface area contributed by atoms with E-state index >= 15 is 0 Å². The van der Waals surface area contributed by atoms with Gasteiger partial charge >= 0.3 is 0 Å². The molecule has 1 fully saturated rings. The second kappa shape index (κ2) is 13.5. The van der Waals surface area contributed by atoms with E-state index in [4.69, 9.17) is 9.47 Å². The zero-order valence-electron chi connectivity index (χ0n) is 16.2. The van der Waals surface area contributed by atoms with E-state index in [2.05, 4.69) is 15.6 Å². The number of carbonyl (C=O) groups is 1. The number of hydrogen-bond acceptors (Lipinski definition) is 4. The van der Waals surface area contributed by atoms with Crippen molar-refractivity contribution >= 4 is 35.8 Å². The van der Waals surface area contributed by atoms with Crippen LogP contribution in [0.3, 0.4) is 0 Å². The van der Waals surface area contributed by atoms with Gasteiger partial charge in [-0.05, 0) is 50.5 Å². The first-order valence-electron chi connectivity index (χ1n) is 9.29. The number of rotatable bonds is 8. The number of nitrogens with zero attached hydrogens (tertiary/aromatic N) is 2. The summed E-state index contributed by atoms with van der Waals surface area (Å²) in [5, 5.41) is 6.34.